The summed E-state index contributed by atoms with van der Waals surface area (Å²) in [6.07, 6.45) is 4.69. The molecule has 0 N–H and O–H groups in total. The van der Waals surface area contributed by atoms with Gasteiger partial charge in [-0.3, -0.25) is 4.98 Å². The van der Waals surface area contributed by atoms with Crippen LogP contribution in [-0.4, -0.2) is 28.2 Å². The zero-order valence-corrected chi connectivity index (χ0v) is 13.6. The van der Waals surface area contributed by atoms with E-state index in [1.807, 2.05) is 25.1 Å². The van der Waals surface area contributed by atoms with Crippen molar-refractivity contribution in [1.29, 1.82) is 0 Å². The second-order valence-corrected chi connectivity index (χ2v) is 6.01. The molecule has 0 aliphatic rings. The van der Waals surface area contributed by atoms with Crippen LogP contribution in [0.3, 0.4) is 0 Å². The molecule has 118 valence electrons. The van der Waals surface area contributed by atoms with Gasteiger partial charge in [0, 0.05) is 18.2 Å². The number of hydrogen-bond donors (Lipinski definition) is 0. The number of aromatic nitrogens is 3. The number of hydrogen-bond acceptors (Lipinski definition) is 7. The molecule has 0 aliphatic carbocycles. The Balaban J connectivity index is 1.77. The summed E-state index contributed by atoms with van der Waals surface area (Å²) in [7, 11) is 1.36. The first-order valence-electron chi connectivity index (χ1n) is 7.08. The molecule has 0 spiro atoms. The highest BCUT2D eigenvalue weighted by Gasteiger charge is 2.17. The molecule has 3 aromatic rings. The Morgan fingerprint density at radius 2 is 2.17 bits per heavy atom. The summed E-state index contributed by atoms with van der Waals surface area (Å²) in [6.45, 7) is 1.89. The molecule has 0 bridgehead atoms. The molecule has 0 saturated heterocycles. The Morgan fingerprint density at radius 1 is 1.30 bits per heavy atom. The van der Waals surface area contributed by atoms with Gasteiger partial charge in [-0.05, 0) is 25.5 Å². The highest BCUT2D eigenvalue weighted by molar-refractivity contribution is 7.13. The standard InChI is InChI=1S/C16H15N3O3S/c1-10-11(15(19-22-10)12-5-3-4-8-17-12)6-7-14-18-9-13(23-14)16(20)21-2/h3-5,8-9H,6-7H2,1-2H3. The van der Waals surface area contributed by atoms with E-state index in [0.29, 0.717) is 11.3 Å². The first-order chi connectivity index (χ1) is 11.2. The summed E-state index contributed by atoms with van der Waals surface area (Å²) in [5, 5.41) is 4.99. The number of carbonyl (C=O) groups excluding carboxylic acids is 1. The number of thiazole rings is 1. The van der Waals surface area contributed by atoms with Crippen LogP contribution in [0.5, 0.6) is 0 Å². The van der Waals surface area contributed by atoms with Crippen molar-refractivity contribution in [3.63, 3.8) is 0 Å². The Morgan fingerprint density at radius 3 is 2.91 bits per heavy atom. The van der Waals surface area contributed by atoms with Crippen LogP contribution >= 0.6 is 11.3 Å². The first-order valence-corrected chi connectivity index (χ1v) is 7.90. The smallest absolute Gasteiger partial charge is 0.349 e. The van der Waals surface area contributed by atoms with Crippen LogP contribution in [0, 0.1) is 6.92 Å². The average Bonchev–Trinajstić information content (AvgIpc) is 3.20. The molecule has 3 heterocycles. The van der Waals surface area contributed by atoms with Crippen molar-refractivity contribution in [2.75, 3.05) is 7.11 Å². The van der Waals surface area contributed by atoms with Crippen molar-refractivity contribution in [3.05, 3.63) is 51.8 Å². The third kappa shape index (κ3) is 3.29. The molecule has 0 atom stereocenters. The van der Waals surface area contributed by atoms with E-state index in [1.165, 1.54) is 18.4 Å². The second-order valence-electron chi connectivity index (χ2n) is 4.89. The van der Waals surface area contributed by atoms with Crippen LogP contribution in [0.15, 0.2) is 35.1 Å². The molecular formula is C16H15N3O3S. The number of nitrogens with zero attached hydrogens (tertiary/aromatic N) is 3. The quantitative estimate of drug-likeness (QED) is 0.669. The van der Waals surface area contributed by atoms with E-state index in [4.69, 9.17) is 9.26 Å². The van der Waals surface area contributed by atoms with Gasteiger partial charge in [-0.25, -0.2) is 9.78 Å². The van der Waals surface area contributed by atoms with Gasteiger partial charge >= 0.3 is 5.97 Å². The second kappa shape index (κ2) is 6.70. The number of carbonyl (C=O) groups is 1. The maximum atomic E-state index is 11.5. The van der Waals surface area contributed by atoms with Gasteiger partial charge in [0.25, 0.3) is 0 Å². The largest absolute Gasteiger partial charge is 0.465 e. The Bertz CT molecular complexity index is 811. The highest BCUT2D eigenvalue weighted by Crippen LogP contribution is 2.25. The Kier molecular flexibility index (Phi) is 4.47. The number of rotatable bonds is 5. The number of methoxy groups -OCH3 is 1. The fourth-order valence-corrected chi connectivity index (χ4v) is 3.08. The lowest BCUT2D eigenvalue weighted by Crippen LogP contribution is -1.97. The zero-order valence-electron chi connectivity index (χ0n) is 12.8. The van der Waals surface area contributed by atoms with Crippen LogP contribution < -0.4 is 0 Å². The summed E-state index contributed by atoms with van der Waals surface area (Å²) < 4.78 is 10.0. The molecule has 0 unspecified atom stereocenters. The summed E-state index contributed by atoms with van der Waals surface area (Å²) in [4.78, 5) is 20.6. The topological polar surface area (TPSA) is 78.1 Å². The molecule has 0 fully saturated rings. The predicted octanol–water partition coefficient (Wildman–Crippen LogP) is 3.07. The molecule has 0 aromatic carbocycles. The van der Waals surface area contributed by atoms with E-state index in [-0.39, 0.29) is 5.97 Å². The summed E-state index contributed by atoms with van der Waals surface area (Å²) in [6, 6.07) is 5.68. The lowest BCUT2D eigenvalue weighted by molar-refractivity contribution is 0.0606. The average molecular weight is 329 g/mol. The van der Waals surface area contributed by atoms with Crippen molar-refractivity contribution in [1.82, 2.24) is 15.1 Å². The third-order valence-electron chi connectivity index (χ3n) is 3.42. The number of aryl methyl sites for hydroxylation is 2. The fourth-order valence-electron chi connectivity index (χ4n) is 2.24. The van der Waals surface area contributed by atoms with E-state index in [9.17, 15) is 4.79 Å². The lowest BCUT2D eigenvalue weighted by Gasteiger charge is -2.00. The SMILES string of the molecule is COC(=O)c1cnc(CCc2c(-c3ccccn3)noc2C)s1. The molecule has 7 heteroatoms. The van der Waals surface area contributed by atoms with Gasteiger partial charge in [-0.2, -0.15) is 0 Å². The van der Waals surface area contributed by atoms with Gasteiger partial charge in [0.1, 0.15) is 16.3 Å². The van der Waals surface area contributed by atoms with Crippen LogP contribution in [0.2, 0.25) is 0 Å². The molecule has 6 nitrogen and oxygen atoms in total. The van der Waals surface area contributed by atoms with E-state index < -0.39 is 0 Å². The summed E-state index contributed by atoms with van der Waals surface area (Å²) in [5.41, 5.74) is 2.56. The van der Waals surface area contributed by atoms with Crippen molar-refractivity contribution in [3.8, 4) is 11.4 Å². The first kappa shape index (κ1) is 15.4. The molecule has 0 amide bonds. The third-order valence-corrected chi connectivity index (χ3v) is 4.46. The van der Waals surface area contributed by atoms with Crippen molar-refractivity contribution in [2.24, 2.45) is 0 Å². The minimum atomic E-state index is -0.357. The van der Waals surface area contributed by atoms with Crippen LogP contribution in [0.4, 0.5) is 0 Å². The maximum absolute atomic E-state index is 11.5. The van der Waals surface area contributed by atoms with Crippen LogP contribution in [0.1, 0.15) is 26.0 Å². The van der Waals surface area contributed by atoms with Gasteiger partial charge in [-0.1, -0.05) is 11.2 Å². The predicted molar refractivity (Wildman–Crippen MR) is 85.3 cm³/mol. The molecule has 3 aromatic heterocycles. The van der Waals surface area contributed by atoms with Gasteiger partial charge < -0.3 is 9.26 Å². The van der Waals surface area contributed by atoms with Gasteiger partial charge in [0.2, 0.25) is 0 Å². The normalized spacial score (nSPS) is 10.7. The Hall–Kier alpha value is -2.54. The fraction of sp³-hybridized carbons (Fsp3) is 0.250. The summed E-state index contributed by atoms with van der Waals surface area (Å²) in [5.74, 6) is 0.416. The number of ether oxygens (including phenoxy) is 1. The maximum Gasteiger partial charge on any atom is 0.349 e. The van der Waals surface area contributed by atoms with Gasteiger partial charge in [0.05, 0.1) is 24.0 Å². The minimum absolute atomic E-state index is 0.357. The van der Waals surface area contributed by atoms with Gasteiger partial charge in [0.15, 0.2) is 0 Å². The highest BCUT2D eigenvalue weighted by atomic mass is 32.1. The van der Waals surface area contributed by atoms with E-state index in [0.717, 1.165) is 34.1 Å². The van der Waals surface area contributed by atoms with Gasteiger partial charge in [-0.15, -0.1) is 11.3 Å². The Labute approximate surface area is 137 Å². The van der Waals surface area contributed by atoms with E-state index >= 15 is 0 Å². The molecule has 0 radical (unpaired) electrons. The summed E-state index contributed by atoms with van der Waals surface area (Å²) >= 11 is 1.34. The zero-order chi connectivity index (χ0) is 16.2. The monoisotopic (exact) mass is 329 g/mol. The van der Waals surface area contributed by atoms with Crippen molar-refractivity contribution >= 4 is 17.3 Å². The van der Waals surface area contributed by atoms with Crippen molar-refractivity contribution in [2.45, 2.75) is 19.8 Å². The molecule has 23 heavy (non-hydrogen) atoms. The van der Waals surface area contributed by atoms with Crippen LogP contribution in [0.25, 0.3) is 11.4 Å². The van der Waals surface area contributed by atoms with E-state index in [1.54, 1.807) is 12.4 Å². The molecule has 0 saturated carbocycles. The van der Waals surface area contributed by atoms with Crippen LogP contribution in [-0.2, 0) is 17.6 Å². The number of pyridine rings is 1. The minimum Gasteiger partial charge on any atom is -0.465 e. The number of esters is 1. The molecule has 3 rings (SSSR count). The molecular weight excluding hydrogens is 314 g/mol. The van der Waals surface area contributed by atoms with E-state index in [2.05, 4.69) is 15.1 Å². The van der Waals surface area contributed by atoms with Crippen molar-refractivity contribution < 1.29 is 14.1 Å². The lowest BCUT2D eigenvalue weighted by atomic mass is 10.1. The molecule has 0 aliphatic heterocycles.